The Morgan fingerprint density at radius 3 is 2.58 bits per heavy atom. The molecule has 0 aliphatic rings. The Bertz CT molecular complexity index is 834. The van der Waals surface area contributed by atoms with Gasteiger partial charge in [-0.2, -0.15) is 4.80 Å². The predicted molar refractivity (Wildman–Crippen MR) is 94.8 cm³/mol. The Kier molecular flexibility index (Phi) is 4.90. The zero-order valence-electron chi connectivity index (χ0n) is 13.4. The summed E-state index contributed by atoms with van der Waals surface area (Å²) >= 11 is 1.58. The van der Waals surface area contributed by atoms with Crippen molar-refractivity contribution in [3.8, 4) is 11.4 Å². The molecule has 3 rings (SSSR count). The Morgan fingerprint density at radius 2 is 1.83 bits per heavy atom. The molecule has 7 heteroatoms. The first kappa shape index (κ1) is 16.2. The summed E-state index contributed by atoms with van der Waals surface area (Å²) < 4.78 is 0. The number of para-hydroxylation sites is 1. The maximum absolute atomic E-state index is 12.5. The summed E-state index contributed by atoms with van der Waals surface area (Å²) in [6.07, 6.45) is 1.97. The van der Waals surface area contributed by atoms with E-state index in [1.54, 1.807) is 18.7 Å². The van der Waals surface area contributed by atoms with Crippen LogP contribution < -0.4 is 5.32 Å². The number of benzene rings is 2. The van der Waals surface area contributed by atoms with Gasteiger partial charge in [-0.3, -0.25) is 4.79 Å². The molecule has 2 aromatic carbocycles. The molecular formula is C17H17N5OS. The quantitative estimate of drug-likeness (QED) is 0.722. The lowest BCUT2D eigenvalue weighted by atomic mass is 10.2. The Morgan fingerprint density at radius 1 is 1.12 bits per heavy atom. The third-order valence-corrected chi connectivity index (χ3v) is 4.35. The number of nitrogens with zero attached hydrogens (tertiary/aromatic N) is 4. The summed E-state index contributed by atoms with van der Waals surface area (Å²) in [7, 11) is 0. The lowest BCUT2D eigenvalue weighted by Gasteiger charge is -2.13. The van der Waals surface area contributed by atoms with Crippen LogP contribution in [0.25, 0.3) is 11.4 Å². The maximum atomic E-state index is 12.5. The van der Waals surface area contributed by atoms with Crippen LogP contribution in [0.1, 0.15) is 13.0 Å². The van der Waals surface area contributed by atoms with E-state index in [2.05, 4.69) is 20.7 Å². The molecule has 0 radical (unpaired) electrons. The lowest BCUT2D eigenvalue weighted by Crippen LogP contribution is -2.25. The molecule has 0 bridgehead atoms. The highest BCUT2D eigenvalue weighted by Crippen LogP contribution is 2.25. The Hall–Kier alpha value is -2.67. The first-order valence-electron chi connectivity index (χ1n) is 7.48. The highest BCUT2D eigenvalue weighted by atomic mass is 32.2. The van der Waals surface area contributed by atoms with E-state index in [4.69, 9.17) is 0 Å². The van der Waals surface area contributed by atoms with Crippen LogP contribution in [0.15, 0.2) is 59.5 Å². The third-order valence-electron chi connectivity index (χ3n) is 3.55. The average molecular weight is 339 g/mol. The summed E-state index contributed by atoms with van der Waals surface area (Å²) in [5, 5.41) is 15.3. The van der Waals surface area contributed by atoms with E-state index in [1.165, 1.54) is 4.80 Å². The van der Waals surface area contributed by atoms with E-state index in [1.807, 2.05) is 60.9 Å². The first-order chi connectivity index (χ1) is 11.7. The van der Waals surface area contributed by atoms with Gasteiger partial charge in [0.2, 0.25) is 5.82 Å². The summed E-state index contributed by atoms with van der Waals surface area (Å²) in [5.74, 6) is 0.313. The summed E-state index contributed by atoms with van der Waals surface area (Å²) in [5.41, 5.74) is 1.65. The van der Waals surface area contributed by atoms with Gasteiger partial charge in [0.15, 0.2) is 0 Å². The first-order valence-corrected chi connectivity index (χ1v) is 8.70. The molecule has 122 valence electrons. The van der Waals surface area contributed by atoms with Crippen molar-refractivity contribution in [1.82, 2.24) is 20.2 Å². The van der Waals surface area contributed by atoms with Crippen LogP contribution in [-0.4, -0.2) is 32.4 Å². The normalized spacial score (nSPS) is 11.9. The van der Waals surface area contributed by atoms with Crippen molar-refractivity contribution in [2.75, 3.05) is 11.6 Å². The molecule has 0 saturated carbocycles. The van der Waals surface area contributed by atoms with E-state index in [9.17, 15) is 4.79 Å². The molecule has 0 aliphatic carbocycles. The zero-order chi connectivity index (χ0) is 16.9. The molecule has 0 saturated heterocycles. The predicted octanol–water partition coefficient (Wildman–Crippen LogP) is 3.26. The van der Waals surface area contributed by atoms with Crippen LogP contribution in [0.4, 0.5) is 5.69 Å². The number of thioether (sulfide) groups is 1. The fourth-order valence-corrected chi connectivity index (χ4v) is 2.74. The molecule has 3 aromatic rings. The number of hydrogen-bond acceptors (Lipinski definition) is 5. The number of anilines is 1. The van der Waals surface area contributed by atoms with Crippen molar-refractivity contribution >= 4 is 23.4 Å². The van der Waals surface area contributed by atoms with Crippen molar-refractivity contribution in [3.05, 3.63) is 54.6 Å². The second-order valence-corrected chi connectivity index (χ2v) is 6.01. The van der Waals surface area contributed by atoms with Crippen molar-refractivity contribution in [1.29, 1.82) is 0 Å². The smallest absolute Gasteiger partial charge is 0.250 e. The maximum Gasteiger partial charge on any atom is 0.250 e. The zero-order valence-corrected chi connectivity index (χ0v) is 14.2. The number of nitrogens with one attached hydrogen (secondary N) is 1. The van der Waals surface area contributed by atoms with Gasteiger partial charge >= 0.3 is 0 Å². The van der Waals surface area contributed by atoms with Gasteiger partial charge in [-0.05, 0) is 30.5 Å². The van der Waals surface area contributed by atoms with Gasteiger partial charge in [0.05, 0.1) is 5.69 Å². The second kappa shape index (κ2) is 7.27. The van der Waals surface area contributed by atoms with E-state index in [0.717, 1.165) is 16.1 Å². The van der Waals surface area contributed by atoms with Gasteiger partial charge in [-0.25, -0.2) is 0 Å². The van der Waals surface area contributed by atoms with E-state index in [-0.39, 0.29) is 5.91 Å². The number of aromatic nitrogens is 4. The minimum Gasteiger partial charge on any atom is -0.323 e. The number of amides is 1. The summed E-state index contributed by atoms with van der Waals surface area (Å²) in [4.78, 5) is 14.8. The van der Waals surface area contributed by atoms with Crippen LogP contribution in [0, 0.1) is 0 Å². The van der Waals surface area contributed by atoms with Crippen molar-refractivity contribution < 1.29 is 4.79 Å². The third kappa shape index (κ3) is 3.46. The van der Waals surface area contributed by atoms with Crippen LogP contribution >= 0.6 is 11.8 Å². The summed E-state index contributed by atoms with van der Waals surface area (Å²) in [6, 6.07) is 16.7. The molecule has 1 unspecified atom stereocenters. The Labute approximate surface area is 144 Å². The van der Waals surface area contributed by atoms with Crippen molar-refractivity contribution in [3.63, 3.8) is 0 Å². The van der Waals surface area contributed by atoms with Crippen LogP contribution in [0.3, 0.4) is 0 Å². The molecule has 1 heterocycles. The largest absolute Gasteiger partial charge is 0.323 e. The SMILES string of the molecule is CSc1ccccc1NC(=O)C(C)n1nnc(-c2ccccc2)n1. The molecule has 1 atom stereocenters. The molecule has 6 nitrogen and oxygen atoms in total. The number of hydrogen-bond donors (Lipinski definition) is 1. The fraction of sp³-hybridized carbons (Fsp3) is 0.176. The highest BCUT2D eigenvalue weighted by Gasteiger charge is 2.19. The number of tetrazole rings is 1. The molecular weight excluding hydrogens is 322 g/mol. The molecule has 24 heavy (non-hydrogen) atoms. The molecule has 0 fully saturated rings. The van der Waals surface area contributed by atoms with Crippen LogP contribution in [-0.2, 0) is 4.79 Å². The number of rotatable bonds is 5. The van der Waals surface area contributed by atoms with Gasteiger partial charge in [0.1, 0.15) is 6.04 Å². The highest BCUT2D eigenvalue weighted by molar-refractivity contribution is 7.98. The monoisotopic (exact) mass is 339 g/mol. The van der Waals surface area contributed by atoms with E-state index in [0.29, 0.717) is 5.82 Å². The molecule has 1 amide bonds. The topological polar surface area (TPSA) is 72.7 Å². The van der Waals surface area contributed by atoms with Gasteiger partial charge < -0.3 is 5.32 Å². The standard InChI is InChI=1S/C17H17N5OS/c1-12(17(23)18-14-10-6-7-11-15(14)24-2)22-20-16(19-21-22)13-8-4-3-5-9-13/h3-12H,1-2H3,(H,18,23). The lowest BCUT2D eigenvalue weighted by molar-refractivity contribution is -0.119. The van der Waals surface area contributed by atoms with Gasteiger partial charge in [-0.15, -0.1) is 22.0 Å². The van der Waals surface area contributed by atoms with Crippen LogP contribution in [0.2, 0.25) is 0 Å². The average Bonchev–Trinajstić information content (AvgIpc) is 3.12. The van der Waals surface area contributed by atoms with Crippen molar-refractivity contribution in [2.45, 2.75) is 17.9 Å². The van der Waals surface area contributed by atoms with Crippen molar-refractivity contribution in [2.24, 2.45) is 0 Å². The molecule has 1 aromatic heterocycles. The second-order valence-electron chi connectivity index (χ2n) is 5.16. The summed E-state index contributed by atoms with van der Waals surface area (Å²) in [6.45, 7) is 1.74. The Balaban J connectivity index is 1.76. The van der Waals surface area contributed by atoms with Gasteiger partial charge in [0, 0.05) is 10.5 Å². The fourth-order valence-electron chi connectivity index (χ4n) is 2.18. The number of carbonyl (C=O) groups excluding carboxylic acids is 1. The molecule has 1 N–H and O–H groups in total. The van der Waals surface area contributed by atoms with E-state index < -0.39 is 6.04 Å². The van der Waals surface area contributed by atoms with Crippen LogP contribution in [0.5, 0.6) is 0 Å². The van der Waals surface area contributed by atoms with E-state index >= 15 is 0 Å². The minimum atomic E-state index is -0.565. The minimum absolute atomic E-state index is 0.187. The number of carbonyl (C=O) groups is 1. The van der Waals surface area contributed by atoms with Gasteiger partial charge in [0.25, 0.3) is 5.91 Å². The van der Waals surface area contributed by atoms with Gasteiger partial charge in [-0.1, -0.05) is 42.5 Å². The molecule has 0 aliphatic heterocycles. The molecule has 0 spiro atoms.